The van der Waals surface area contributed by atoms with Crippen LogP contribution in [0, 0.1) is 5.82 Å². The van der Waals surface area contributed by atoms with E-state index >= 15 is 0 Å². The fraction of sp³-hybridized carbons (Fsp3) is 0.476. The van der Waals surface area contributed by atoms with Crippen LogP contribution in [0.5, 0.6) is 0 Å². The third-order valence-corrected chi connectivity index (χ3v) is 6.92. The summed E-state index contributed by atoms with van der Waals surface area (Å²) in [5.41, 5.74) is 2.48. The van der Waals surface area contributed by atoms with E-state index < -0.39 is 0 Å². The summed E-state index contributed by atoms with van der Waals surface area (Å²) >= 11 is 1.82. The molecule has 1 amide bonds. The van der Waals surface area contributed by atoms with Gasteiger partial charge in [-0.05, 0) is 54.0 Å². The van der Waals surface area contributed by atoms with Crippen molar-refractivity contribution in [3.8, 4) is 0 Å². The number of rotatable bonds is 5. The van der Waals surface area contributed by atoms with Gasteiger partial charge in [-0.25, -0.2) is 4.39 Å². The molecule has 3 nitrogen and oxygen atoms in total. The maximum absolute atomic E-state index is 13.3. The molecule has 2 heterocycles. The van der Waals surface area contributed by atoms with E-state index in [9.17, 15) is 9.18 Å². The van der Waals surface area contributed by atoms with Crippen LogP contribution in [0.15, 0.2) is 35.7 Å². The first kappa shape index (κ1) is 17.7. The molecule has 1 aromatic heterocycles. The zero-order valence-electron chi connectivity index (χ0n) is 15.0. The van der Waals surface area contributed by atoms with E-state index in [0.29, 0.717) is 13.1 Å². The summed E-state index contributed by atoms with van der Waals surface area (Å²) < 4.78 is 13.3. The van der Waals surface area contributed by atoms with Crippen molar-refractivity contribution in [2.24, 2.45) is 0 Å². The Morgan fingerprint density at radius 3 is 2.73 bits per heavy atom. The molecule has 0 unspecified atom stereocenters. The highest BCUT2D eigenvalue weighted by atomic mass is 32.1. The van der Waals surface area contributed by atoms with Crippen LogP contribution < -0.4 is 5.32 Å². The second-order valence-corrected chi connectivity index (χ2v) is 8.60. The molecule has 1 aliphatic carbocycles. The van der Waals surface area contributed by atoms with Gasteiger partial charge in [0.25, 0.3) is 0 Å². The summed E-state index contributed by atoms with van der Waals surface area (Å²) in [5, 5.41) is 5.31. The summed E-state index contributed by atoms with van der Waals surface area (Å²) in [7, 11) is 0. The molecule has 2 aliphatic rings. The van der Waals surface area contributed by atoms with Crippen LogP contribution in [-0.2, 0) is 23.2 Å². The second-order valence-electron chi connectivity index (χ2n) is 7.60. The molecule has 5 heteroatoms. The first-order valence-corrected chi connectivity index (χ1v) is 10.3. The van der Waals surface area contributed by atoms with Gasteiger partial charge in [-0.15, -0.1) is 11.3 Å². The van der Waals surface area contributed by atoms with Gasteiger partial charge in [0.1, 0.15) is 5.82 Å². The smallest absolute Gasteiger partial charge is 0.234 e. The Morgan fingerprint density at radius 2 is 1.96 bits per heavy atom. The Morgan fingerprint density at radius 1 is 1.19 bits per heavy atom. The topological polar surface area (TPSA) is 32.3 Å². The van der Waals surface area contributed by atoms with Crippen LogP contribution in [0.4, 0.5) is 4.39 Å². The molecule has 1 aliphatic heterocycles. The number of thiophene rings is 1. The number of nitrogens with zero attached hydrogens (tertiary/aromatic N) is 1. The predicted molar refractivity (Wildman–Crippen MR) is 103 cm³/mol. The number of hydrogen-bond donors (Lipinski definition) is 1. The molecule has 0 spiro atoms. The molecule has 0 saturated heterocycles. The lowest BCUT2D eigenvalue weighted by Crippen LogP contribution is -2.44. The quantitative estimate of drug-likeness (QED) is 0.864. The predicted octanol–water partition coefficient (Wildman–Crippen LogP) is 3.87. The van der Waals surface area contributed by atoms with Crippen LogP contribution >= 0.6 is 11.3 Å². The second kappa shape index (κ2) is 7.49. The SMILES string of the molecule is O=C(CN1CCc2sccc2C1)NCC1(c2ccc(F)cc2)CCCC1. The van der Waals surface area contributed by atoms with Crippen molar-refractivity contribution in [3.63, 3.8) is 0 Å². The molecule has 0 bridgehead atoms. The maximum atomic E-state index is 13.3. The van der Waals surface area contributed by atoms with Crippen molar-refractivity contribution in [2.45, 2.75) is 44.1 Å². The molecule has 0 atom stereocenters. The Hall–Kier alpha value is -1.72. The molecular formula is C21H25FN2OS. The van der Waals surface area contributed by atoms with E-state index in [2.05, 4.69) is 21.7 Å². The van der Waals surface area contributed by atoms with Crippen molar-refractivity contribution < 1.29 is 9.18 Å². The van der Waals surface area contributed by atoms with Crippen LogP contribution in [-0.4, -0.2) is 30.4 Å². The van der Waals surface area contributed by atoms with Crippen molar-refractivity contribution in [1.29, 1.82) is 0 Å². The van der Waals surface area contributed by atoms with E-state index in [1.54, 1.807) is 0 Å². The summed E-state index contributed by atoms with van der Waals surface area (Å²) in [6.45, 7) is 2.92. The van der Waals surface area contributed by atoms with Gasteiger partial charge in [-0.2, -0.15) is 0 Å². The molecule has 26 heavy (non-hydrogen) atoms. The van der Waals surface area contributed by atoms with Gasteiger partial charge in [-0.3, -0.25) is 9.69 Å². The first-order chi connectivity index (χ1) is 12.6. The van der Waals surface area contributed by atoms with Gasteiger partial charge < -0.3 is 5.32 Å². The van der Waals surface area contributed by atoms with Gasteiger partial charge in [0.15, 0.2) is 0 Å². The highest BCUT2D eigenvalue weighted by molar-refractivity contribution is 7.10. The number of nitrogens with one attached hydrogen (secondary N) is 1. The van der Waals surface area contributed by atoms with Crippen molar-refractivity contribution in [1.82, 2.24) is 10.2 Å². The van der Waals surface area contributed by atoms with Gasteiger partial charge in [0, 0.05) is 29.9 Å². The normalized spacial score (nSPS) is 19.3. The monoisotopic (exact) mass is 372 g/mol. The first-order valence-electron chi connectivity index (χ1n) is 9.45. The minimum Gasteiger partial charge on any atom is -0.354 e. The van der Waals surface area contributed by atoms with Gasteiger partial charge >= 0.3 is 0 Å². The maximum Gasteiger partial charge on any atom is 0.234 e. The molecule has 1 aromatic carbocycles. The van der Waals surface area contributed by atoms with Crippen LogP contribution in [0.3, 0.4) is 0 Å². The number of halogens is 1. The van der Waals surface area contributed by atoms with Gasteiger partial charge in [0.2, 0.25) is 5.91 Å². The number of benzene rings is 1. The molecule has 2 aromatic rings. The van der Waals surface area contributed by atoms with Gasteiger partial charge in [-0.1, -0.05) is 25.0 Å². The summed E-state index contributed by atoms with van der Waals surface area (Å²) in [6, 6.07) is 9.00. The molecular weight excluding hydrogens is 347 g/mol. The zero-order valence-corrected chi connectivity index (χ0v) is 15.8. The minimum atomic E-state index is -0.205. The number of fused-ring (bicyclic) bond motifs is 1. The zero-order chi connectivity index (χ0) is 18.0. The fourth-order valence-corrected chi connectivity index (χ4v) is 5.28. The molecule has 1 N–H and O–H groups in total. The lowest BCUT2D eigenvalue weighted by molar-refractivity contribution is -0.122. The van der Waals surface area contributed by atoms with E-state index in [4.69, 9.17) is 0 Å². The molecule has 0 radical (unpaired) electrons. The average molecular weight is 373 g/mol. The third-order valence-electron chi connectivity index (χ3n) is 5.90. The van der Waals surface area contributed by atoms with Crippen molar-refractivity contribution in [3.05, 3.63) is 57.5 Å². The Balaban J connectivity index is 1.36. The van der Waals surface area contributed by atoms with E-state index in [-0.39, 0.29) is 17.1 Å². The fourth-order valence-electron chi connectivity index (χ4n) is 4.39. The lowest BCUT2D eigenvalue weighted by atomic mass is 9.79. The average Bonchev–Trinajstić information content (AvgIpc) is 3.30. The highest BCUT2D eigenvalue weighted by Crippen LogP contribution is 2.40. The Labute approximate surface area is 158 Å². The van der Waals surface area contributed by atoms with Crippen LogP contribution in [0.2, 0.25) is 0 Å². The Bertz CT molecular complexity index is 765. The molecule has 4 rings (SSSR count). The van der Waals surface area contributed by atoms with E-state index in [1.165, 1.54) is 35.4 Å². The van der Waals surface area contributed by atoms with Crippen molar-refractivity contribution in [2.75, 3.05) is 19.6 Å². The standard InChI is InChI=1S/C21H25FN2OS/c22-18-5-3-17(4-6-18)21(9-1-2-10-21)15-23-20(25)14-24-11-7-19-16(13-24)8-12-26-19/h3-6,8,12H,1-2,7,9-11,13-15H2,(H,23,25). The largest absolute Gasteiger partial charge is 0.354 e. The van der Waals surface area contributed by atoms with Crippen molar-refractivity contribution >= 4 is 17.2 Å². The number of carbonyl (C=O) groups excluding carboxylic acids is 1. The lowest BCUT2D eigenvalue weighted by Gasteiger charge is -2.31. The minimum absolute atomic E-state index is 0.0359. The molecule has 1 saturated carbocycles. The van der Waals surface area contributed by atoms with Gasteiger partial charge in [0.05, 0.1) is 6.54 Å². The summed E-state index contributed by atoms with van der Waals surface area (Å²) in [5.74, 6) is -0.110. The summed E-state index contributed by atoms with van der Waals surface area (Å²) in [4.78, 5) is 16.2. The third kappa shape index (κ3) is 3.69. The highest BCUT2D eigenvalue weighted by Gasteiger charge is 2.36. The number of carbonyl (C=O) groups is 1. The van der Waals surface area contributed by atoms with E-state index in [0.717, 1.165) is 37.9 Å². The van der Waals surface area contributed by atoms with E-state index in [1.807, 2.05) is 23.5 Å². The number of amides is 1. The summed E-state index contributed by atoms with van der Waals surface area (Å²) in [6.07, 6.45) is 5.49. The Kier molecular flexibility index (Phi) is 5.09. The molecule has 138 valence electrons. The molecule has 1 fully saturated rings. The number of hydrogen-bond acceptors (Lipinski definition) is 3. The van der Waals surface area contributed by atoms with Crippen LogP contribution in [0.1, 0.15) is 41.7 Å². The van der Waals surface area contributed by atoms with Crippen LogP contribution in [0.25, 0.3) is 0 Å².